The molecule has 3 rings (SSSR count). The Balaban J connectivity index is 1.66. The van der Waals surface area contributed by atoms with E-state index >= 15 is 0 Å². The highest BCUT2D eigenvalue weighted by molar-refractivity contribution is 6.30. The van der Waals surface area contributed by atoms with Gasteiger partial charge in [0.2, 0.25) is 11.8 Å². The van der Waals surface area contributed by atoms with Crippen LogP contribution in [0.3, 0.4) is 0 Å². The van der Waals surface area contributed by atoms with Crippen LogP contribution in [0.15, 0.2) is 35.9 Å². The van der Waals surface area contributed by atoms with Crippen molar-refractivity contribution in [1.82, 2.24) is 4.90 Å². The maximum Gasteiger partial charge on any atom is 0.246 e. The number of carbonyl (C=O) groups excluding carboxylic acids is 2. The van der Waals surface area contributed by atoms with Gasteiger partial charge < -0.3 is 15.4 Å². The SMILES string of the molecule is NC(=O)C1CCN(C(=O)C=CC2=Cc3cc(Cl)ccc3OC2)C1. The Morgan fingerprint density at radius 3 is 2.96 bits per heavy atom. The molecule has 2 aliphatic heterocycles. The van der Waals surface area contributed by atoms with E-state index in [9.17, 15) is 9.59 Å². The van der Waals surface area contributed by atoms with E-state index in [0.717, 1.165) is 16.9 Å². The molecular weight excluding hydrogens is 316 g/mol. The fourth-order valence-electron chi connectivity index (χ4n) is 2.74. The van der Waals surface area contributed by atoms with E-state index in [1.54, 1.807) is 17.0 Å². The number of amides is 2. The van der Waals surface area contributed by atoms with Gasteiger partial charge in [-0.2, -0.15) is 0 Å². The first-order valence-corrected chi connectivity index (χ1v) is 7.80. The Bertz CT molecular complexity index is 712. The van der Waals surface area contributed by atoms with Crippen molar-refractivity contribution >= 4 is 29.5 Å². The lowest BCUT2D eigenvalue weighted by molar-refractivity contribution is -0.125. The van der Waals surface area contributed by atoms with Crippen molar-refractivity contribution < 1.29 is 14.3 Å². The predicted molar refractivity (Wildman–Crippen MR) is 87.9 cm³/mol. The molecule has 1 aromatic carbocycles. The number of ether oxygens (including phenoxy) is 1. The Kier molecular flexibility index (Phi) is 4.39. The van der Waals surface area contributed by atoms with E-state index in [-0.39, 0.29) is 17.7 Å². The molecular formula is C17H17ClN2O3. The van der Waals surface area contributed by atoms with Crippen LogP contribution in [0.1, 0.15) is 12.0 Å². The number of halogens is 1. The topological polar surface area (TPSA) is 72.6 Å². The van der Waals surface area contributed by atoms with E-state index < -0.39 is 0 Å². The second-order valence-corrected chi connectivity index (χ2v) is 6.13. The van der Waals surface area contributed by atoms with Crippen LogP contribution in [0.2, 0.25) is 5.02 Å². The zero-order chi connectivity index (χ0) is 16.4. The number of nitrogens with zero attached hydrogens (tertiary/aromatic N) is 1. The molecule has 0 saturated carbocycles. The van der Waals surface area contributed by atoms with Crippen molar-refractivity contribution in [3.05, 3.63) is 46.5 Å². The summed E-state index contributed by atoms with van der Waals surface area (Å²) in [7, 11) is 0. The summed E-state index contributed by atoms with van der Waals surface area (Å²) in [6.45, 7) is 1.36. The van der Waals surface area contributed by atoms with E-state index in [1.165, 1.54) is 6.08 Å². The molecule has 0 aromatic heterocycles. The number of hydrogen-bond acceptors (Lipinski definition) is 3. The lowest BCUT2D eigenvalue weighted by atomic mass is 10.1. The fourth-order valence-corrected chi connectivity index (χ4v) is 2.92. The van der Waals surface area contributed by atoms with Crippen molar-refractivity contribution in [3.8, 4) is 5.75 Å². The predicted octanol–water partition coefficient (Wildman–Crippen LogP) is 2.01. The van der Waals surface area contributed by atoms with Crippen LogP contribution in [0.4, 0.5) is 0 Å². The molecule has 2 amide bonds. The third-order valence-corrected chi connectivity index (χ3v) is 4.28. The summed E-state index contributed by atoms with van der Waals surface area (Å²) in [6, 6.07) is 5.43. The summed E-state index contributed by atoms with van der Waals surface area (Å²) in [5, 5.41) is 0.638. The van der Waals surface area contributed by atoms with Crippen LogP contribution in [0.5, 0.6) is 5.75 Å². The average Bonchev–Trinajstić information content (AvgIpc) is 3.02. The molecule has 2 heterocycles. The molecule has 2 N–H and O–H groups in total. The molecule has 0 bridgehead atoms. The van der Waals surface area contributed by atoms with E-state index in [0.29, 0.717) is 31.1 Å². The van der Waals surface area contributed by atoms with Gasteiger partial charge in [0.15, 0.2) is 0 Å². The van der Waals surface area contributed by atoms with Gasteiger partial charge in [-0.3, -0.25) is 9.59 Å². The van der Waals surface area contributed by atoms with Gasteiger partial charge in [-0.25, -0.2) is 0 Å². The van der Waals surface area contributed by atoms with Crippen LogP contribution in [0.25, 0.3) is 6.08 Å². The summed E-state index contributed by atoms with van der Waals surface area (Å²) in [5.41, 5.74) is 7.06. The van der Waals surface area contributed by atoms with E-state index in [1.807, 2.05) is 18.2 Å². The maximum absolute atomic E-state index is 12.2. The van der Waals surface area contributed by atoms with E-state index in [4.69, 9.17) is 22.1 Å². The zero-order valence-corrected chi connectivity index (χ0v) is 13.3. The van der Waals surface area contributed by atoms with Gasteiger partial charge >= 0.3 is 0 Å². The van der Waals surface area contributed by atoms with Crippen LogP contribution in [0, 0.1) is 5.92 Å². The second kappa shape index (κ2) is 6.46. The number of rotatable bonds is 3. The molecule has 5 nitrogen and oxygen atoms in total. The number of hydrogen-bond donors (Lipinski definition) is 1. The molecule has 1 unspecified atom stereocenters. The molecule has 0 spiro atoms. The summed E-state index contributed by atoms with van der Waals surface area (Å²) in [4.78, 5) is 24.9. The molecule has 6 heteroatoms. The first-order chi connectivity index (χ1) is 11.0. The molecule has 0 radical (unpaired) electrons. The standard InChI is InChI=1S/C17H17ClN2O3/c18-14-2-3-15-13(8-14)7-11(10-23-15)1-4-16(21)20-6-5-12(9-20)17(19)22/h1-4,7-8,12H,5-6,9-10H2,(H2,19,22). The number of primary amides is 1. The van der Waals surface area contributed by atoms with Crippen LogP contribution >= 0.6 is 11.6 Å². The number of nitrogens with two attached hydrogens (primary N) is 1. The molecule has 1 saturated heterocycles. The third-order valence-electron chi connectivity index (χ3n) is 4.05. The van der Waals surface area contributed by atoms with E-state index in [2.05, 4.69) is 0 Å². The first-order valence-electron chi connectivity index (χ1n) is 7.42. The van der Waals surface area contributed by atoms with Gasteiger partial charge in [0, 0.05) is 29.8 Å². The fraction of sp³-hybridized carbons (Fsp3) is 0.294. The minimum absolute atomic E-state index is 0.119. The van der Waals surface area contributed by atoms with Crippen LogP contribution in [-0.4, -0.2) is 36.4 Å². The summed E-state index contributed by atoms with van der Waals surface area (Å²) in [6.07, 6.45) is 5.83. The highest BCUT2D eigenvalue weighted by Crippen LogP contribution is 2.29. The van der Waals surface area contributed by atoms with Crippen molar-refractivity contribution in [2.45, 2.75) is 6.42 Å². The zero-order valence-electron chi connectivity index (χ0n) is 12.5. The number of benzene rings is 1. The molecule has 1 aromatic rings. The molecule has 23 heavy (non-hydrogen) atoms. The highest BCUT2D eigenvalue weighted by atomic mass is 35.5. The van der Waals surface area contributed by atoms with Gasteiger partial charge in [-0.1, -0.05) is 17.7 Å². The molecule has 1 atom stereocenters. The van der Waals surface area contributed by atoms with Gasteiger partial charge in [0.1, 0.15) is 12.4 Å². The van der Waals surface area contributed by atoms with Crippen molar-refractivity contribution in [2.75, 3.05) is 19.7 Å². The van der Waals surface area contributed by atoms with Crippen LogP contribution < -0.4 is 10.5 Å². The molecule has 120 valence electrons. The van der Waals surface area contributed by atoms with Gasteiger partial charge in [-0.15, -0.1) is 0 Å². The van der Waals surface area contributed by atoms with Gasteiger partial charge in [0.05, 0.1) is 5.92 Å². The normalized spacial score (nSPS) is 20.1. The summed E-state index contributed by atoms with van der Waals surface area (Å²) >= 11 is 5.98. The lowest BCUT2D eigenvalue weighted by Gasteiger charge is -2.17. The molecule has 2 aliphatic rings. The summed E-state index contributed by atoms with van der Waals surface area (Å²) < 4.78 is 5.63. The molecule has 0 aliphatic carbocycles. The van der Waals surface area contributed by atoms with Gasteiger partial charge in [0.25, 0.3) is 0 Å². The number of likely N-dealkylation sites (tertiary alicyclic amines) is 1. The maximum atomic E-state index is 12.2. The van der Waals surface area contributed by atoms with Gasteiger partial charge in [-0.05, 0) is 36.3 Å². The summed E-state index contributed by atoms with van der Waals surface area (Å²) in [5.74, 6) is 0.0769. The Labute approximate surface area is 139 Å². The van der Waals surface area contributed by atoms with Crippen molar-refractivity contribution in [3.63, 3.8) is 0 Å². The smallest absolute Gasteiger partial charge is 0.246 e. The van der Waals surface area contributed by atoms with Crippen molar-refractivity contribution in [2.24, 2.45) is 11.7 Å². The highest BCUT2D eigenvalue weighted by Gasteiger charge is 2.28. The minimum atomic E-state index is -0.346. The van der Waals surface area contributed by atoms with Crippen LogP contribution in [-0.2, 0) is 9.59 Å². The Morgan fingerprint density at radius 2 is 2.22 bits per heavy atom. The lowest BCUT2D eigenvalue weighted by Crippen LogP contribution is -2.30. The largest absolute Gasteiger partial charge is 0.488 e. The minimum Gasteiger partial charge on any atom is -0.488 e. The average molecular weight is 333 g/mol. The monoisotopic (exact) mass is 332 g/mol. The molecule has 1 fully saturated rings. The number of carbonyl (C=O) groups is 2. The Morgan fingerprint density at radius 1 is 1.39 bits per heavy atom. The Hall–Kier alpha value is -2.27. The third kappa shape index (κ3) is 3.56. The van der Waals surface area contributed by atoms with Crippen molar-refractivity contribution in [1.29, 1.82) is 0 Å². The second-order valence-electron chi connectivity index (χ2n) is 5.70. The first kappa shape index (κ1) is 15.6. The number of fused-ring (bicyclic) bond motifs is 1. The quantitative estimate of drug-likeness (QED) is 0.860.